The van der Waals surface area contributed by atoms with Gasteiger partial charge in [0.05, 0.1) is 13.2 Å². The number of unbranched alkanes of at least 4 members (excludes halogenated alkanes) is 17. The van der Waals surface area contributed by atoms with Crippen LogP contribution in [-0.2, 0) is 32.7 Å². The molecule has 0 aliphatic carbocycles. The van der Waals surface area contributed by atoms with Gasteiger partial charge in [0.15, 0.2) is 6.10 Å². The molecule has 0 radical (unpaired) electrons. The Balaban J connectivity index is 4.23. The van der Waals surface area contributed by atoms with Gasteiger partial charge in [0, 0.05) is 19.4 Å². The van der Waals surface area contributed by atoms with E-state index in [0.717, 1.165) is 51.4 Å². The van der Waals surface area contributed by atoms with Crippen molar-refractivity contribution in [3.05, 3.63) is 60.8 Å². The Kier molecular flexibility index (Phi) is 39.6. The third kappa shape index (κ3) is 41.2. The molecule has 0 saturated heterocycles. The van der Waals surface area contributed by atoms with E-state index in [9.17, 15) is 19.0 Å². The molecule has 0 aliphatic heterocycles. The summed E-state index contributed by atoms with van der Waals surface area (Å²) in [5.41, 5.74) is 5.34. The highest BCUT2D eigenvalue weighted by Gasteiger charge is 2.25. The van der Waals surface area contributed by atoms with Gasteiger partial charge in [-0.15, -0.1) is 0 Å². The number of allylic oxidation sites excluding steroid dienone is 10. The zero-order chi connectivity index (χ0) is 40.3. The van der Waals surface area contributed by atoms with Gasteiger partial charge < -0.3 is 20.1 Å². The number of nitrogens with two attached hydrogens (primary N) is 1. The Morgan fingerprint density at radius 3 is 1.47 bits per heavy atom. The summed E-state index contributed by atoms with van der Waals surface area (Å²) in [5, 5.41) is 0. The highest BCUT2D eigenvalue weighted by molar-refractivity contribution is 7.47. The fraction of sp³-hybridized carbons (Fsp3) is 0.733. The summed E-state index contributed by atoms with van der Waals surface area (Å²) in [5.74, 6) is -0.896. The minimum atomic E-state index is -4.39. The first kappa shape index (κ1) is 52.7. The van der Waals surface area contributed by atoms with Gasteiger partial charge in [-0.25, -0.2) is 4.57 Å². The predicted molar refractivity (Wildman–Crippen MR) is 229 cm³/mol. The van der Waals surface area contributed by atoms with Gasteiger partial charge in [0.1, 0.15) is 6.61 Å². The topological polar surface area (TPSA) is 134 Å². The zero-order valence-corrected chi connectivity index (χ0v) is 35.8. The second-order valence-corrected chi connectivity index (χ2v) is 15.6. The number of phosphoric ester groups is 1. The summed E-state index contributed by atoms with van der Waals surface area (Å²) in [7, 11) is -4.39. The normalized spacial score (nSPS) is 13.9. The molecule has 0 bridgehead atoms. The fourth-order valence-corrected chi connectivity index (χ4v) is 6.49. The van der Waals surface area contributed by atoms with Crippen LogP contribution in [0.5, 0.6) is 0 Å². The number of carbonyl (C=O) groups excluding carboxylic acids is 2. The lowest BCUT2D eigenvalue weighted by molar-refractivity contribution is -0.161. The molecule has 318 valence electrons. The molecule has 55 heavy (non-hydrogen) atoms. The standard InChI is InChI=1S/C45H80NO8P/c1-3-5-7-9-11-13-15-17-19-21-23-25-27-29-31-33-35-37-44(47)51-41-43(42-53-55(49,50)52-40-39-46)54-45(48)38-36-34-32-30-28-26-24-22-20-18-16-14-12-10-8-6-4-2/h6,8,12,14,18,20,24,26,30,32,43H,3-5,7,9-11,13,15-17,19,21-23,25,27-29,31,33-42,46H2,1-2H3,(H,49,50). The summed E-state index contributed by atoms with van der Waals surface area (Å²) in [6.07, 6.45) is 48.3. The largest absolute Gasteiger partial charge is 0.472 e. The number of hydrogen-bond acceptors (Lipinski definition) is 8. The maximum Gasteiger partial charge on any atom is 0.472 e. The van der Waals surface area contributed by atoms with Gasteiger partial charge in [0.2, 0.25) is 0 Å². The third-order valence-corrected chi connectivity index (χ3v) is 9.90. The second-order valence-electron chi connectivity index (χ2n) is 14.2. The van der Waals surface area contributed by atoms with E-state index in [1.54, 1.807) is 0 Å². The molecule has 0 aliphatic rings. The average Bonchev–Trinajstić information content (AvgIpc) is 3.17. The summed E-state index contributed by atoms with van der Waals surface area (Å²) in [6, 6.07) is 0. The number of hydrogen-bond donors (Lipinski definition) is 2. The van der Waals surface area contributed by atoms with Crippen molar-refractivity contribution in [3.8, 4) is 0 Å². The van der Waals surface area contributed by atoms with Crippen LogP contribution >= 0.6 is 7.82 Å². The Morgan fingerprint density at radius 1 is 0.564 bits per heavy atom. The molecule has 0 saturated carbocycles. The van der Waals surface area contributed by atoms with Crippen LogP contribution in [0.1, 0.15) is 181 Å². The first-order chi connectivity index (χ1) is 26.8. The van der Waals surface area contributed by atoms with Crippen LogP contribution in [0, 0.1) is 0 Å². The van der Waals surface area contributed by atoms with Gasteiger partial charge in [-0.2, -0.15) is 0 Å². The molecule has 0 amide bonds. The molecule has 0 aromatic heterocycles. The van der Waals surface area contributed by atoms with Crippen molar-refractivity contribution in [2.45, 2.75) is 187 Å². The van der Waals surface area contributed by atoms with Crippen LogP contribution in [0.3, 0.4) is 0 Å². The molecule has 0 aromatic carbocycles. The van der Waals surface area contributed by atoms with E-state index in [2.05, 4.69) is 68.5 Å². The first-order valence-electron chi connectivity index (χ1n) is 21.8. The van der Waals surface area contributed by atoms with E-state index >= 15 is 0 Å². The Bertz CT molecular complexity index is 1090. The second kappa shape index (κ2) is 41.3. The van der Waals surface area contributed by atoms with Crippen LogP contribution in [0.15, 0.2) is 60.8 Å². The van der Waals surface area contributed by atoms with Crippen molar-refractivity contribution in [2.75, 3.05) is 26.4 Å². The molecule has 2 unspecified atom stereocenters. The van der Waals surface area contributed by atoms with Crippen LogP contribution < -0.4 is 5.73 Å². The van der Waals surface area contributed by atoms with Crippen molar-refractivity contribution in [3.63, 3.8) is 0 Å². The lowest BCUT2D eigenvalue weighted by Crippen LogP contribution is -2.29. The highest BCUT2D eigenvalue weighted by Crippen LogP contribution is 2.43. The lowest BCUT2D eigenvalue weighted by Gasteiger charge is -2.19. The van der Waals surface area contributed by atoms with Gasteiger partial charge in [0.25, 0.3) is 0 Å². The van der Waals surface area contributed by atoms with E-state index in [1.807, 2.05) is 6.08 Å². The molecule has 0 rings (SSSR count). The van der Waals surface area contributed by atoms with Gasteiger partial charge in [-0.05, 0) is 51.4 Å². The summed E-state index contributed by atoms with van der Waals surface area (Å²) in [4.78, 5) is 34.8. The molecular formula is C45H80NO8P. The quantitative estimate of drug-likeness (QED) is 0.0269. The van der Waals surface area contributed by atoms with Gasteiger partial charge in [-0.1, -0.05) is 177 Å². The molecular weight excluding hydrogens is 713 g/mol. The Labute approximate surface area is 336 Å². The number of esters is 2. The third-order valence-electron chi connectivity index (χ3n) is 8.92. The average molecular weight is 794 g/mol. The molecule has 0 spiro atoms. The van der Waals surface area contributed by atoms with Crippen molar-refractivity contribution < 1.29 is 37.6 Å². The molecule has 0 heterocycles. The number of ether oxygens (including phenoxy) is 2. The number of rotatable bonds is 40. The summed E-state index contributed by atoms with van der Waals surface area (Å²) in [6.45, 7) is 3.56. The summed E-state index contributed by atoms with van der Waals surface area (Å²) < 4.78 is 32.7. The first-order valence-corrected chi connectivity index (χ1v) is 23.3. The maximum atomic E-state index is 12.6. The molecule has 0 fully saturated rings. The minimum Gasteiger partial charge on any atom is -0.462 e. The Hall–Kier alpha value is -2.29. The minimum absolute atomic E-state index is 0.0429. The van der Waals surface area contributed by atoms with Crippen LogP contribution in [0.25, 0.3) is 0 Å². The van der Waals surface area contributed by atoms with E-state index < -0.39 is 32.5 Å². The van der Waals surface area contributed by atoms with Gasteiger partial charge in [-0.3, -0.25) is 18.6 Å². The van der Waals surface area contributed by atoms with Crippen molar-refractivity contribution in [1.82, 2.24) is 0 Å². The molecule has 2 atom stereocenters. The van der Waals surface area contributed by atoms with E-state index in [-0.39, 0.29) is 32.6 Å². The lowest BCUT2D eigenvalue weighted by atomic mass is 10.0. The van der Waals surface area contributed by atoms with Crippen molar-refractivity contribution in [2.24, 2.45) is 5.73 Å². The highest BCUT2D eigenvalue weighted by atomic mass is 31.2. The van der Waals surface area contributed by atoms with E-state index in [1.165, 1.54) is 89.9 Å². The van der Waals surface area contributed by atoms with Crippen molar-refractivity contribution >= 4 is 19.8 Å². The van der Waals surface area contributed by atoms with Crippen LogP contribution in [0.2, 0.25) is 0 Å². The van der Waals surface area contributed by atoms with E-state index in [0.29, 0.717) is 12.8 Å². The maximum absolute atomic E-state index is 12.6. The zero-order valence-electron chi connectivity index (χ0n) is 34.9. The van der Waals surface area contributed by atoms with Gasteiger partial charge >= 0.3 is 19.8 Å². The fourth-order valence-electron chi connectivity index (χ4n) is 5.73. The number of carbonyl (C=O) groups is 2. The SMILES string of the molecule is CCC=CCC=CCC=CCC=CCC=CCCCC(=O)OC(COC(=O)CCCCCCCCCCCCCCCCCCC)COP(=O)(O)OCCN. The summed E-state index contributed by atoms with van der Waals surface area (Å²) >= 11 is 0. The Morgan fingerprint density at radius 2 is 1.00 bits per heavy atom. The predicted octanol–water partition coefficient (Wildman–Crippen LogP) is 12.5. The number of phosphoric acid groups is 1. The van der Waals surface area contributed by atoms with Crippen LogP contribution in [-0.4, -0.2) is 49.3 Å². The monoisotopic (exact) mass is 794 g/mol. The molecule has 10 heteroatoms. The van der Waals surface area contributed by atoms with Crippen LogP contribution in [0.4, 0.5) is 0 Å². The van der Waals surface area contributed by atoms with E-state index in [4.69, 9.17) is 24.3 Å². The molecule has 9 nitrogen and oxygen atoms in total. The molecule has 0 aromatic rings. The molecule has 3 N–H and O–H groups in total. The smallest absolute Gasteiger partial charge is 0.462 e. The van der Waals surface area contributed by atoms with Crippen molar-refractivity contribution in [1.29, 1.82) is 0 Å².